The molecule has 5 heteroatoms. The molecule has 0 aliphatic heterocycles. The summed E-state index contributed by atoms with van der Waals surface area (Å²) in [7, 11) is 0. The number of carbonyl (C=O) groups is 1. The number of nitriles is 1. The maximum atomic E-state index is 13.6. The summed E-state index contributed by atoms with van der Waals surface area (Å²) in [6.45, 7) is 1.69. The van der Waals surface area contributed by atoms with Gasteiger partial charge in [0.1, 0.15) is 0 Å². The highest BCUT2D eigenvalue weighted by Gasteiger charge is 2.27. The monoisotopic (exact) mass is 236 g/mol. The highest BCUT2D eigenvalue weighted by Crippen LogP contribution is 2.19. The van der Waals surface area contributed by atoms with Crippen molar-refractivity contribution in [2.45, 2.75) is 19.1 Å². The fourth-order valence-electron chi connectivity index (χ4n) is 1.35. The van der Waals surface area contributed by atoms with Gasteiger partial charge in [0.15, 0.2) is 0 Å². The van der Waals surface area contributed by atoms with Crippen LogP contribution in [0.15, 0.2) is 24.3 Å². The van der Waals surface area contributed by atoms with Gasteiger partial charge in [-0.15, -0.1) is 0 Å². The zero-order valence-electron chi connectivity index (χ0n) is 9.39. The van der Waals surface area contributed by atoms with Crippen molar-refractivity contribution in [1.82, 2.24) is 0 Å². The molecule has 0 saturated carbocycles. The SMILES string of the molecule is CCOC(=O)C(F)[C@@H](N)c1cccc(C#N)c1. The number of halogens is 1. The van der Waals surface area contributed by atoms with Crippen LogP contribution in [0, 0.1) is 11.3 Å². The molecule has 0 bridgehead atoms. The Morgan fingerprint density at radius 2 is 2.35 bits per heavy atom. The van der Waals surface area contributed by atoms with Crippen molar-refractivity contribution in [1.29, 1.82) is 5.26 Å². The Kier molecular flexibility index (Phi) is 4.61. The molecule has 0 spiro atoms. The van der Waals surface area contributed by atoms with Crippen molar-refractivity contribution in [3.05, 3.63) is 35.4 Å². The van der Waals surface area contributed by atoms with E-state index in [0.717, 1.165) is 0 Å². The van der Waals surface area contributed by atoms with Crippen molar-refractivity contribution in [3.63, 3.8) is 0 Å². The van der Waals surface area contributed by atoms with E-state index in [1.165, 1.54) is 6.07 Å². The molecular formula is C12H13FN2O2. The highest BCUT2D eigenvalue weighted by molar-refractivity contribution is 5.75. The van der Waals surface area contributed by atoms with Crippen LogP contribution in [0.2, 0.25) is 0 Å². The number of alkyl halides is 1. The molecule has 0 aromatic heterocycles. The van der Waals surface area contributed by atoms with Crippen molar-refractivity contribution in [2.75, 3.05) is 6.61 Å². The van der Waals surface area contributed by atoms with Crippen LogP contribution >= 0.6 is 0 Å². The lowest BCUT2D eigenvalue weighted by Crippen LogP contribution is -2.31. The van der Waals surface area contributed by atoms with Crippen LogP contribution in [-0.4, -0.2) is 18.7 Å². The molecule has 17 heavy (non-hydrogen) atoms. The van der Waals surface area contributed by atoms with E-state index in [1.54, 1.807) is 25.1 Å². The first-order chi connectivity index (χ1) is 8.10. The minimum Gasteiger partial charge on any atom is -0.464 e. The average Bonchev–Trinajstić information content (AvgIpc) is 2.37. The topological polar surface area (TPSA) is 76.1 Å². The summed E-state index contributed by atoms with van der Waals surface area (Å²) >= 11 is 0. The number of esters is 1. The number of hydrogen-bond acceptors (Lipinski definition) is 4. The largest absolute Gasteiger partial charge is 0.464 e. The number of rotatable bonds is 4. The fourth-order valence-corrected chi connectivity index (χ4v) is 1.35. The molecule has 0 amide bonds. The number of benzene rings is 1. The second-order valence-corrected chi connectivity index (χ2v) is 3.42. The summed E-state index contributed by atoms with van der Waals surface area (Å²) in [5.41, 5.74) is 6.37. The van der Waals surface area contributed by atoms with Crippen LogP contribution in [0.25, 0.3) is 0 Å². The average molecular weight is 236 g/mol. The van der Waals surface area contributed by atoms with E-state index in [2.05, 4.69) is 4.74 Å². The predicted octanol–water partition coefficient (Wildman–Crippen LogP) is 1.46. The van der Waals surface area contributed by atoms with Gasteiger partial charge in [-0.1, -0.05) is 12.1 Å². The summed E-state index contributed by atoms with van der Waals surface area (Å²) in [4.78, 5) is 11.2. The first-order valence-electron chi connectivity index (χ1n) is 5.16. The molecule has 0 heterocycles. The Labute approximate surface area is 98.8 Å². The van der Waals surface area contributed by atoms with Crippen LogP contribution in [-0.2, 0) is 9.53 Å². The standard InChI is InChI=1S/C12H13FN2O2/c1-2-17-12(16)10(13)11(15)9-5-3-4-8(6-9)7-14/h3-6,10-11H,2,15H2,1H3/t10?,11-/m0/s1. The van der Waals surface area contributed by atoms with E-state index in [9.17, 15) is 9.18 Å². The zero-order valence-corrected chi connectivity index (χ0v) is 9.39. The van der Waals surface area contributed by atoms with E-state index in [0.29, 0.717) is 11.1 Å². The van der Waals surface area contributed by atoms with Gasteiger partial charge in [-0.05, 0) is 24.6 Å². The Hall–Kier alpha value is -1.93. The van der Waals surface area contributed by atoms with Gasteiger partial charge in [0.05, 0.1) is 24.3 Å². The number of nitrogens with zero attached hydrogens (tertiary/aromatic N) is 1. The van der Waals surface area contributed by atoms with Crippen molar-refractivity contribution < 1.29 is 13.9 Å². The molecule has 0 radical (unpaired) electrons. The lowest BCUT2D eigenvalue weighted by Gasteiger charge is -2.15. The number of hydrogen-bond donors (Lipinski definition) is 1. The van der Waals surface area contributed by atoms with Gasteiger partial charge in [-0.3, -0.25) is 0 Å². The van der Waals surface area contributed by atoms with E-state index in [4.69, 9.17) is 11.0 Å². The van der Waals surface area contributed by atoms with Crippen LogP contribution in [0.5, 0.6) is 0 Å². The normalized spacial score (nSPS) is 13.5. The second kappa shape index (κ2) is 5.97. The molecule has 1 aromatic rings. The quantitative estimate of drug-likeness (QED) is 0.803. The van der Waals surface area contributed by atoms with Crippen LogP contribution in [0.4, 0.5) is 4.39 Å². The van der Waals surface area contributed by atoms with Crippen LogP contribution < -0.4 is 5.73 Å². The van der Waals surface area contributed by atoms with Gasteiger partial charge >= 0.3 is 5.97 Å². The third-order valence-electron chi connectivity index (χ3n) is 2.23. The summed E-state index contributed by atoms with van der Waals surface area (Å²) in [5, 5.41) is 8.70. The molecule has 1 rings (SSSR count). The molecule has 0 aliphatic rings. The van der Waals surface area contributed by atoms with Crippen molar-refractivity contribution in [3.8, 4) is 6.07 Å². The molecule has 1 aromatic carbocycles. The van der Waals surface area contributed by atoms with Gasteiger partial charge in [-0.2, -0.15) is 5.26 Å². The number of ether oxygens (including phenoxy) is 1. The highest BCUT2D eigenvalue weighted by atomic mass is 19.1. The van der Waals surface area contributed by atoms with Gasteiger partial charge in [-0.25, -0.2) is 9.18 Å². The van der Waals surface area contributed by atoms with Gasteiger partial charge in [0.2, 0.25) is 6.17 Å². The summed E-state index contributed by atoms with van der Waals surface area (Å²) in [6, 6.07) is 6.99. The lowest BCUT2D eigenvalue weighted by molar-refractivity contribution is -0.149. The number of nitrogens with two attached hydrogens (primary N) is 1. The molecule has 2 atom stereocenters. The Balaban J connectivity index is 2.85. The minimum atomic E-state index is -1.93. The van der Waals surface area contributed by atoms with Gasteiger partial charge in [0.25, 0.3) is 0 Å². The molecule has 4 nitrogen and oxygen atoms in total. The molecule has 0 saturated heterocycles. The van der Waals surface area contributed by atoms with Crippen LogP contribution in [0.1, 0.15) is 24.1 Å². The van der Waals surface area contributed by atoms with E-state index in [1.807, 2.05) is 6.07 Å². The second-order valence-electron chi connectivity index (χ2n) is 3.42. The maximum absolute atomic E-state index is 13.6. The molecular weight excluding hydrogens is 223 g/mol. The molecule has 90 valence electrons. The van der Waals surface area contributed by atoms with Crippen molar-refractivity contribution in [2.24, 2.45) is 5.73 Å². The predicted molar refractivity (Wildman–Crippen MR) is 59.6 cm³/mol. The lowest BCUT2D eigenvalue weighted by atomic mass is 10.0. The zero-order chi connectivity index (χ0) is 12.8. The van der Waals surface area contributed by atoms with Crippen molar-refractivity contribution >= 4 is 5.97 Å². The molecule has 2 N–H and O–H groups in total. The van der Waals surface area contributed by atoms with Gasteiger partial charge in [0, 0.05) is 0 Å². The third kappa shape index (κ3) is 3.26. The van der Waals surface area contributed by atoms with E-state index in [-0.39, 0.29) is 6.61 Å². The fraction of sp³-hybridized carbons (Fsp3) is 0.333. The first kappa shape index (κ1) is 13.1. The molecule has 0 fully saturated rings. The first-order valence-corrected chi connectivity index (χ1v) is 5.16. The molecule has 1 unspecified atom stereocenters. The number of carbonyl (C=O) groups excluding carboxylic acids is 1. The third-order valence-corrected chi connectivity index (χ3v) is 2.23. The summed E-state index contributed by atoms with van der Waals surface area (Å²) in [6.07, 6.45) is -1.93. The summed E-state index contributed by atoms with van der Waals surface area (Å²) < 4.78 is 18.2. The Morgan fingerprint density at radius 3 is 2.94 bits per heavy atom. The smallest absolute Gasteiger partial charge is 0.342 e. The maximum Gasteiger partial charge on any atom is 0.342 e. The Morgan fingerprint density at radius 1 is 1.65 bits per heavy atom. The van der Waals surface area contributed by atoms with E-state index < -0.39 is 18.2 Å². The summed E-state index contributed by atoms with van der Waals surface area (Å²) in [5.74, 6) is -0.984. The van der Waals surface area contributed by atoms with E-state index >= 15 is 0 Å². The Bertz CT molecular complexity index is 442. The molecule has 0 aliphatic carbocycles. The van der Waals surface area contributed by atoms with Crippen LogP contribution in [0.3, 0.4) is 0 Å². The minimum absolute atomic E-state index is 0.101. The van der Waals surface area contributed by atoms with Gasteiger partial charge < -0.3 is 10.5 Å².